The summed E-state index contributed by atoms with van der Waals surface area (Å²) in [4.78, 5) is 11.1. The first-order valence-corrected chi connectivity index (χ1v) is 5.89. The van der Waals surface area contributed by atoms with Crippen LogP contribution in [0.1, 0.15) is 53.4 Å². The number of carbonyl (C=O) groups is 1. The van der Waals surface area contributed by atoms with E-state index in [2.05, 4.69) is 20.8 Å². The molecule has 0 aliphatic rings. The van der Waals surface area contributed by atoms with Crippen LogP contribution >= 0.6 is 8.58 Å². The minimum atomic E-state index is 0.334. The summed E-state index contributed by atoms with van der Waals surface area (Å²) in [7, 11) is 0.518. The second-order valence-electron chi connectivity index (χ2n) is 3.42. The smallest absolute Gasteiger partial charge is 0.148 e. The molecule has 1 atom stereocenters. The lowest BCUT2D eigenvalue weighted by Crippen LogP contribution is -2.22. The van der Waals surface area contributed by atoms with Gasteiger partial charge >= 0.3 is 0 Å². The van der Waals surface area contributed by atoms with E-state index in [4.69, 9.17) is 0 Å². The zero-order valence-corrected chi connectivity index (χ0v) is 9.74. The van der Waals surface area contributed by atoms with Crippen molar-refractivity contribution in [3.63, 3.8) is 0 Å². The Bertz CT molecular complexity index is 139. The van der Waals surface area contributed by atoms with Crippen molar-refractivity contribution in [2.24, 2.45) is 0 Å². The Hall–Kier alpha value is 0.100. The van der Waals surface area contributed by atoms with E-state index >= 15 is 0 Å². The predicted molar refractivity (Wildman–Crippen MR) is 57.2 cm³/mol. The molecule has 0 aromatic rings. The summed E-state index contributed by atoms with van der Waals surface area (Å²) in [6.45, 7) is 8.32. The largest absolute Gasteiger partial charge is 0.295 e. The molecule has 2 heteroatoms. The second-order valence-corrected chi connectivity index (χ2v) is 5.43. The molecule has 0 aliphatic carbocycles. The van der Waals surface area contributed by atoms with Crippen molar-refractivity contribution in [1.82, 2.24) is 0 Å². The van der Waals surface area contributed by atoms with Crippen LogP contribution in [0.5, 0.6) is 0 Å². The Kier molecular flexibility index (Phi) is 5.74. The molecule has 72 valence electrons. The summed E-state index contributed by atoms with van der Waals surface area (Å²) in [6.07, 6.45) is 4.70. The van der Waals surface area contributed by atoms with Gasteiger partial charge in [-0.25, -0.2) is 0 Å². The van der Waals surface area contributed by atoms with E-state index in [9.17, 15) is 4.79 Å². The normalized spacial score (nSPS) is 12.7. The Morgan fingerprint density at radius 3 is 2.00 bits per heavy atom. The molecule has 0 spiro atoms. The van der Waals surface area contributed by atoms with Gasteiger partial charge < -0.3 is 0 Å². The van der Waals surface area contributed by atoms with E-state index < -0.39 is 0 Å². The van der Waals surface area contributed by atoms with Crippen LogP contribution in [0.2, 0.25) is 0 Å². The number of rotatable bonds is 6. The molecule has 0 aromatic carbocycles. The first-order chi connectivity index (χ1) is 5.60. The molecular formula is C10H21OP. The highest BCUT2D eigenvalue weighted by Crippen LogP contribution is 2.42. The minimum absolute atomic E-state index is 0.334. The quantitative estimate of drug-likeness (QED) is 0.582. The van der Waals surface area contributed by atoms with Crippen LogP contribution in [0.15, 0.2) is 0 Å². The van der Waals surface area contributed by atoms with Crippen molar-refractivity contribution in [1.29, 1.82) is 0 Å². The maximum Gasteiger partial charge on any atom is 0.148 e. The summed E-state index contributed by atoms with van der Waals surface area (Å²) in [5, 5.41) is 0.334. The zero-order valence-electron chi connectivity index (χ0n) is 8.74. The van der Waals surface area contributed by atoms with Crippen LogP contribution in [0.25, 0.3) is 0 Å². The average Bonchev–Trinajstić information content (AvgIpc) is 2.03. The maximum atomic E-state index is 11.1. The minimum Gasteiger partial charge on any atom is -0.295 e. The van der Waals surface area contributed by atoms with Crippen molar-refractivity contribution < 1.29 is 4.79 Å². The van der Waals surface area contributed by atoms with Gasteiger partial charge in [-0.2, -0.15) is 0 Å². The summed E-state index contributed by atoms with van der Waals surface area (Å²) < 4.78 is 0. The van der Waals surface area contributed by atoms with E-state index in [0.29, 0.717) is 19.3 Å². The standard InChI is InChI=1S/C10H21OP/c1-5-8-10(6-2,7-3)12-9(4)11/h12H,5-8H2,1-4H3. The van der Waals surface area contributed by atoms with Gasteiger partial charge in [-0.15, -0.1) is 0 Å². The van der Waals surface area contributed by atoms with Crippen molar-refractivity contribution in [2.45, 2.75) is 58.5 Å². The molecule has 0 saturated heterocycles. The molecular weight excluding hydrogens is 167 g/mol. The fourth-order valence-electron chi connectivity index (χ4n) is 1.69. The van der Waals surface area contributed by atoms with Gasteiger partial charge in [-0.3, -0.25) is 4.79 Å². The van der Waals surface area contributed by atoms with Crippen molar-refractivity contribution in [3.8, 4) is 0 Å². The molecule has 0 amide bonds. The van der Waals surface area contributed by atoms with Gasteiger partial charge in [0.15, 0.2) is 0 Å². The van der Waals surface area contributed by atoms with Crippen LogP contribution < -0.4 is 0 Å². The van der Waals surface area contributed by atoms with Crippen LogP contribution in [0.3, 0.4) is 0 Å². The monoisotopic (exact) mass is 188 g/mol. The number of carbonyl (C=O) groups excluding carboxylic acids is 1. The van der Waals surface area contributed by atoms with Gasteiger partial charge in [-0.05, 0) is 39.9 Å². The lowest BCUT2D eigenvalue weighted by molar-refractivity contribution is -0.109. The molecule has 1 unspecified atom stereocenters. The molecule has 12 heavy (non-hydrogen) atoms. The van der Waals surface area contributed by atoms with Gasteiger partial charge in [0.05, 0.1) is 0 Å². The van der Waals surface area contributed by atoms with Crippen molar-refractivity contribution in [2.75, 3.05) is 0 Å². The third-order valence-corrected chi connectivity index (χ3v) is 4.36. The molecule has 0 rings (SSSR count). The predicted octanol–water partition coefficient (Wildman–Crippen LogP) is 3.57. The molecule has 0 bridgehead atoms. The van der Waals surface area contributed by atoms with Gasteiger partial charge in [-0.1, -0.05) is 27.2 Å². The first kappa shape index (κ1) is 12.1. The summed E-state index contributed by atoms with van der Waals surface area (Å²) in [6, 6.07) is 0. The Balaban J connectivity index is 4.23. The number of hydrogen-bond acceptors (Lipinski definition) is 1. The maximum absolute atomic E-state index is 11.1. The fourth-order valence-corrected chi connectivity index (χ4v) is 3.17. The molecule has 0 fully saturated rings. The van der Waals surface area contributed by atoms with Crippen molar-refractivity contribution >= 4 is 14.1 Å². The molecule has 0 saturated carbocycles. The summed E-state index contributed by atoms with van der Waals surface area (Å²) in [5.74, 6) is 0. The van der Waals surface area contributed by atoms with E-state index in [1.165, 1.54) is 12.8 Å². The van der Waals surface area contributed by atoms with Crippen LogP contribution in [0, 0.1) is 0 Å². The van der Waals surface area contributed by atoms with Crippen LogP contribution in [0.4, 0.5) is 0 Å². The van der Waals surface area contributed by atoms with Crippen LogP contribution in [-0.2, 0) is 4.79 Å². The molecule has 1 nitrogen and oxygen atoms in total. The molecule has 0 radical (unpaired) electrons. The summed E-state index contributed by atoms with van der Waals surface area (Å²) in [5.41, 5.74) is 0.368. The number of hydrogen-bond donors (Lipinski definition) is 0. The lowest BCUT2D eigenvalue weighted by Gasteiger charge is -2.30. The van der Waals surface area contributed by atoms with Gasteiger partial charge in [0.2, 0.25) is 0 Å². The third kappa shape index (κ3) is 3.67. The highest BCUT2D eigenvalue weighted by atomic mass is 31.1. The Morgan fingerprint density at radius 2 is 1.75 bits per heavy atom. The lowest BCUT2D eigenvalue weighted by atomic mass is 9.97. The average molecular weight is 188 g/mol. The molecule has 0 heterocycles. The topological polar surface area (TPSA) is 17.1 Å². The van der Waals surface area contributed by atoms with E-state index in [1.807, 2.05) is 0 Å². The van der Waals surface area contributed by atoms with E-state index in [-0.39, 0.29) is 0 Å². The first-order valence-electron chi connectivity index (χ1n) is 4.89. The summed E-state index contributed by atoms with van der Waals surface area (Å²) >= 11 is 0. The van der Waals surface area contributed by atoms with Gasteiger partial charge in [0, 0.05) is 0 Å². The highest BCUT2D eigenvalue weighted by Gasteiger charge is 2.26. The van der Waals surface area contributed by atoms with E-state index in [0.717, 1.165) is 12.8 Å². The SMILES string of the molecule is CCCC(CC)(CC)PC(C)=O. The van der Waals surface area contributed by atoms with Crippen molar-refractivity contribution in [3.05, 3.63) is 0 Å². The molecule has 0 aromatic heterocycles. The fraction of sp³-hybridized carbons (Fsp3) is 0.900. The highest BCUT2D eigenvalue weighted by molar-refractivity contribution is 7.59. The Morgan fingerprint density at radius 1 is 1.25 bits per heavy atom. The third-order valence-electron chi connectivity index (χ3n) is 2.52. The van der Waals surface area contributed by atoms with Gasteiger partial charge in [0.1, 0.15) is 5.52 Å². The molecule has 0 N–H and O–H groups in total. The Labute approximate surface area is 78.1 Å². The molecule has 0 aliphatic heterocycles. The van der Waals surface area contributed by atoms with Gasteiger partial charge in [0.25, 0.3) is 0 Å². The van der Waals surface area contributed by atoms with Crippen LogP contribution in [-0.4, -0.2) is 10.7 Å². The zero-order chi connectivity index (χ0) is 9.61. The second kappa shape index (κ2) is 5.70. The van der Waals surface area contributed by atoms with E-state index in [1.54, 1.807) is 6.92 Å².